The summed E-state index contributed by atoms with van der Waals surface area (Å²) in [4.78, 5) is 11.2. The van der Waals surface area contributed by atoms with E-state index in [4.69, 9.17) is 0 Å². The number of hydrogen-bond acceptors (Lipinski definition) is 3. The Bertz CT molecular complexity index is 710. The number of hydrogen-bond donors (Lipinski definition) is 1. The van der Waals surface area contributed by atoms with Crippen LogP contribution in [0, 0.1) is 0 Å². The maximum atomic E-state index is 14.7. The molecule has 0 aliphatic rings. The molecule has 0 bridgehead atoms. The first kappa shape index (κ1) is 20.2. The Kier molecular flexibility index (Phi) is 5.24. The number of sulfone groups is 1. The second-order valence-corrected chi connectivity index (χ2v) is 6.92. The lowest BCUT2D eigenvalue weighted by atomic mass is 10.1. The van der Waals surface area contributed by atoms with Gasteiger partial charge in [0.1, 0.15) is 0 Å². The fraction of sp³-hybridized carbons (Fsp3) is 0.417. The molecule has 0 saturated carbocycles. The summed E-state index contributed by atoms with van der Waals surface area (Å²) in [6, 6.07) is 1.23. The molecule has 1 atom stereocenters. The summed E-state index contributed by atoms with van der Waals surface area (Å²) in [7, 11) is -5.40. The van der Waals surface area contributed by atoms with Gasteiger partial charge in [-0.3, -0.25) is 4.79 Å². The second-order valence-electron chi connectivity index (χ2n) is 4.72. The number of carbonyl (C=O) groups excluding carboxylic acids is 1. The molecule has 24 heavy (non-hydrogen) atoms. The van der Waals surface area contributed by atoms with Crippen LogP contribution in [0.15, 0.2) is 24.3 Å². The molecule has 0 aliphatic carbocycles. The fourth-order valence-electron chi connectivity index (χ4n) is 1.74. The van der Waals surface area contributed by atoms with E-state index in [2.05, 4.69) is 5.73 Å². The average molecular weight is 381 g/mol. The Balaban J connectivity index is 3.33. The van der Waals surface area contributed by atoms with Crippen molar-refractivity contribution in [3.8, 4) is 0 Å². The molecule has 1 aromatic rings. The van der Waals surface area contributed by atoms with Gasteiger partial charge in [0.2, 0.25) is 0 Å². The largest absolute Gasteiger partial charge is 0.416 e. The molecule has 1 unspecified atom stereocenters. The summed E-state index contributed by atoms with van der Waals surface area (Å²) in [6.45, 7) is 0. The lowest BCUT2D eigenvalue weighted by molar-refractivity contribution is -0.137. The van der Waals surface area contributed by atoms with Gasteiger partial charge >= 0.3 is 17.4 Å². The van der Waals surface area contributed by atoms with Crippen LogP contribution in [-0.4, -0.2) is 26.3 Å². The van der Waals surface area contributed by atoms with Gasteiger partial charge in [0, 0.05) is 5.56 Å². The highest BCUT2D eigenvalue weighted by atomic mass is 32.2. The first-order chi connectivity index (χ1) is 10.6. The molecule has 136 valence electrons. The Morgan fingerprint density at radius 1 is 0.917 bits per heavy atom. The van der Waals surface area contributed by atoms with Crippen molar-refractivity contribution in [1.29, 1.82) is 0 Å². The van der Waals surface area contributed by atoms with Crippen LogP contribution in [0.3, 0.4) is 0 Å². The maximum absolute atomic E-state index is 14.7. The third kappa shape index (κ3) is 4.16. The molecule has 4 nitrogen and oxygen atoms in total. The van der Waals surface area contributed by atoms with Crippen molar-refractivity contribution in [2.24, 2.45) is 5.73 Å². The van der Waals surface area contributed by atoms with Crippen LogP contribution in [-0.2, 0) is 25.8 Å². The number of benzene rings is 1. The molecule has 0 aliphatic heterocycles. The molecule has 0 aromatic heterocycles. The molecule has 0 spiro atoms. The standard InChI is InChI=1S/C12H10F7NO3S/c13-10(14,15)5-6-24(22,23)11(16,9(20)21)7-1-3-8(4-2-7)12(17,18)19/h1-4H,5-6H2,(H2,20,21). The van der Waals surface area contributed by atoms with Crippen LogP contribution in [0.25, 0.3) is 0 Å². The van der Waals surface area contributed by atoms with Gasteiger partial charge in [-0.2, -0.15) is 26.3 Å². The van der Waals surface area contributed by atoms with Crippen molar-refractivity contribution >= 4 is 15.7 Å². The third-order valence-electron chi connectivity index (χ3n) is 2.98. The van der Waals surface area contributed by atoms with E-state index < -0.39 is 56.4 Å². The normalized spacial score (nSPS) is 15.8. The summed E-state index contributed by atoms with van der Waals surface area (Å²) in [5.74, 6) is -3.94. The van der Waals surface area contributed by atoms with Crippen LogP contribution in [0.4, 0.5) is 30.7 Å². The monoisotopic (exact) mass is 381 g/mol. The minimum absolute atomic E-state index is 0.284. The van der Waals surface area contributed by atoms with E-state index in [1.54, 1.807) is 0 Å². The molecule has 1 amide bonds. The van der Waals surface area contributed by atoms with Gasteiger partial charge in [0.05, 0.1) is 17.7 Å². The van der Waals surface area contributed by atoms with Gasteiger partial charge in [-0.05, 0) is 12.1 Å². The molecular formula is C12H10F7NO3S. The minimum atomic E-state index is -5.40. The quantitative estimate of drug-likeness (QED) is 0.797. The molecule has 2 N–H and O–H groups in total. The number of nitrogens with two attached hydrogens (primary N) is 1. The van der Waals surface area contributed by atoms with Gasteiger partial charge in [-0.1, -0.05) is 12.1 Å². The topological polar surface area (TPSA) is 77.2 Å². The van der Waals surface area contributed by atoms with Crippen molar-refractivity contribution in [3.63, 3.8) is 0 Å². The highest BCUT2D eigenvalue weighted by molar-refractivity contribution is 7.92. The van der Waals surface area contributed by atoms with E-state index in [9.17, 15) is 43.9 Å². The fourth-order valence-corrected chi connectivity index (χ4v) is 3.32. The number of carbonyl (C=O) groups is 1. The van der Waals surface area contributed by atoms with Crippen molar-refractivity contribution < 1.29 is 43.9 Å². The van der Waals surface area contributed by atoms with Crippen LogP contribution in [0.1, 0.15) is 17.5 Å². The second kappa shape index (κ2) is 6.22. The molecule has 12 heteroatoms. The Labute approximate surface area is 131 Å². The maximum Gasteiger partial charge on any atom is 0.416 e. The number of alkyl halides is 7. The van der Waals surface area contributed by atoms with Crippen LogP contribution < -0.4 is 5.73 Å². The van der Waals surface area contributed by atoms with E-state index in [-0.39, 0.29) is 12.1 Å². The minimum Gasteiger partial charge on any atom is -0.366 e. The zero-order valence-electron chi connectivity index (χ0n) is 11.6. The molecule has 0 heterocycles. The zero-order chi connectivity index (χ0) is 19.0. The Hall–Kier alpha value is -1.85. The van der Waals surface area contributed by atoms with Crippen molar-refractivity contribution in [1.82, 2.24) is 0 Å². The molecule has 0 radical (unpaired) electrons. The van der Waals surface area contributed by atoms with Gasteiger partial charge in [0.15, 0.2) is 9.84 Å². The zero-order valence-corrected chi connectivity index (χ0v) is 12.4. The van der Waals surface area contributed by atoms with Crippen LogP contribution >= 0.6 is 0 Å². The molecule has 0 saturated heterocycles. The van der Waals surface area contributed by atoms with E-state index in [0.717, 1.165) is 0 Å². The molecule has 1 rings (SSSR count). The Morgan fingerprint density at radius 2 is 1.33 bits per heavy atom. The summed E-state index contributed by atoms with van der Waals surface area (Å²) in [6.07, 6.45) is -11.7. The summed E-state index contributed by atoms with van der Waals surface area (Å²) in [5, 5.41) is -4.08. The predicted molar refractivity (Wildman–Crippen MR) is 67.9 cm³/mol. The number of halogens is 7. The van der Waals surface area contributed by atoms with E-state index >= 15 is 0 Å². The SMILES string of the molecule is NC(=O)C(F)(c1ccc(C(F)(F)F)cc1)S(=O)(=O)CCC(F)(F)F. The van der Waals surface area contributed by atoms with Crippen molar-refractivity contribution in [2.75, 3.05) is 5.75 Å². The summed E-state index contributed by atoms with van der Waals surface area (Å²) in [5.41, 5.74) is 2.28. The van der Waals surface area contributed by atoms with Gasteiger partial charge in [-0.15, -0.1) is 0 Å². The van der Waals surface area contributed by atoms with Gasteiger partial charge < -0.3 is 5.73 Å². The van der Waals surface area contributed by atoms with E-state index in [1.807, 2.05) is 0 Å². The highest BCUT2D eigenvalue weighted by Crippen LogP contribution is 2.37. The molecule has 1 aromatic carbocycles. The van der Waals surface area contributed by atoms with E-state index in [0.29, 0.717) is 12.1 Å². The average Bonchev–Trinajstić information content (AvgIpc) is 2.42. The highest BCUT2D eigenvalue weighted by Gasteiger charge is 2.52. The molecular weight excluding hydrogens is 371 g/mol. The Morgan fingerprint density at radius 3 is 1.67 bits per heavy atom. The molecule has 0 fully saturated rings. The smallest absolute Gasteiger partial charge is 0.366 e. The number of primary amides is 1. The van der Waals surface area contributed by atoms with Crippen LogP contribution in [0.5, 0.6) is 0 Å². The van der Waals surface area contributed by atoms with Gasteiger partial charge in [0.25, 0.3) is 5.91 Å². The number of rotatable bonds is 5. The van der Waals surface area contributed by atoms with Crippen molar-refractivity contribution in [2.45, 2.75) is 23.8 Å². The lowest BCUT2D eigenvalue weighted by Crippen LogP contribution is -2.45. The van der Waals surface area contributed by atoms with Crippen LogP contribution in [0.2, 0.25) is 0 Å². The third-order valence-corrected chi connectivity index (χ3v) is 5.02. The first-order valence-corrected chi connectivity index (χ1v) is 7.72. The number of amides is 1. The van der Waals surface area contributed by atoms with Crippen molar-refractivity contribution in [3.05, 3.63) is 35.4 Å². The van der Waals surface area contributed by atoms with E-state index in [1.165, 1.54) is 0 Å². The summed E-state index contributed by atoms with van der Waals surface area (Å²) >= 11 is 0. The summed E-state index contributed by atoms with van der Waals surface area (Å²) < 4.78 is 112. The first-order valence-electron chi connectivity index (χ1n) is 6.07. The lowest BCUT2D eigenvalue weighted by Gasteiger charge is -2.23. The predicted octanol–water partition coefficient (Wildman–Crippen LogP) is 2.68. The van der Waals surface area contributed by atoms with Gasteiger partial charge in [-0.25, -0.2) is 12.8 Å².